The van der Waals surface area contributed by atoms with Crippen molar-refractivity contribution >= 4 is 0 Å². The van der Waals surface area contributed by atoms with Gasteiger partial charge in [0.1, 0.15) is 0 Å². The monoisotopic (exact) mass is 230 g/mol. The van der Waals surface area contributed by atoms with E-state index in [-0.39, 0.29) is 0 Å². The van der Waals surface area contributed by atoms with Gasteiger partial charge in [-0.1, -0.05) is 0 Å². The predicted octanol–water partition coefficient (Wildman–Crippen LogP) is 0.581. The standard InChI is InChI=1S/C12H26N2O2/c1-14(2)6-9-15-8-5-13-10-12-4-3-7-16-11-12/h12-13H,3-11H2,1-2H3. The molecule has 0 spiro atoms. The summed E-state index contributed by atoms with van der Waals surface area (Å²) in [4.78, 5) is 2.13. The van der Waals surface area contributed by atoms with E-state index < -0.39 is 0 Å². The van der Waals surface area contributed by atoms with Crippen LogP contribution in [0.3, 0.4) is 0 Å². The summed E-state index contributed by atoms with van der Waals surface area (Å²) in [5.74, 6) is 0.704. The smallest absolute Gasteiger partial charge is 0.0593 e. The van der Waals surface area contributed by atoms with Gasteiger partial charge >= 0.3 is 0 Å². The zero-order chi connectivity index (χ0) is 11.6. The Balaban J connectivity index is 1.80. The molecule has 1 saturated heterocycles. The minimum Gasteiger partial charge on any atom is -0.381 e. The van der Waals surface area contributed by atoms with E-state index in [1.54, 1.807) is 0 Å². The number of rotatable bonds is 8. The Bertz CT molecular complexity index is 159. The molecule has 1 aliphatic rings. The summed E-state index contributed by atoms with van der Waals surface area (Å²) in [5.41, 5.74) is 0. The molecule has 0 aliphatic carbocycles. The Morgan fingerprint density at radius 1 is 1.38 bits per heavy atom. The quantitative estimate of drug-likeness (QED) is 0.619. The topological polar surface area (TPSA) is 33.7 Å². The fourth-order valence-electron chi connectivity index (χ4n) is 1.77. The Labute approximate surface area is 99.3 Å². The number of hydrogen-bond donors (Lipinski definition) is 1. The number of nitrogens with zero attached hydrogens (tertiary/aromatic N) is 1. The second kappa shape index (κ2) is 8.93. The molecule has 1 heterocycles. The highest BCUT2D eigenvalue weighted by Crippen LogP contribution is 2.11. The lowest BCUT2D eigenvalue weighted by molar-refractivity contribution is 0.0533. The first kappa shape index (κ1) is 13.9. The maximum absolute atomic E-state index is 5.50. The minimum atomic E-state index is 0.704. The molecular formula is C12H26N2O2. The van der Waals surface area contributed by atoms with Crippen LogP contribution >= 0.6 is 0 Å². The van der Waals surface area contributed by atoms with Gasteiger partial charge in [-0.15, -0.1) is 0 Å². The Morgan fingerprint density at radius 3 is 2.94 bits per heavy atom. The van der Waals surface area contributed by atoms with E-state index in [1.165, 1.54) is 12.8 Å². The van der Waals surface area contributed by atoms with Crippen molar-refractivity contribution in [2.45, 2.75) is 12.8 Å². The minimum absolute atomic E-state index is 0.704. The third-order valence-corrected chi connectivity index (χ3v) is 2.79. The molecule has 0 radical (unpaired) electrons. The van der Waals surface area contributed by atoms with Gasteiger partial charge in [0, 0.05) is 26.2 Å². The average molecular weight is 230 g/mol. The molecule has 1 N–H and O–H groups in total. The van der Waals surface area contributed by atoms with Crippen molar-refractivity contribution in [3.05, 3.63) is 0 Å². The van der Waals surface area contributed by atoms with Crippen LogP contribution in [-0.2, 0) is 9.47 Å². The Morgan fingerprint density at radius 2 is 2.25 bits per heavy atom. The molecule has 0 saturated carbocycles. The van der Waals surface area contributed by atoms with E-state index in [0.717, 1.165) is 46.1 Å². The van der Waals surface area contributed by atoms with E-state index in [1.807, 2.05) is 0 Å². The Hall–Kier alpha value is -0.160. The molecule has 0 bridgehead atoms. The van der Waals surface area contributed by atoms with Crippen molar-refractivity contribution in [3.63, 3.8) is 0 Å². The van der Waals surface area contributed by atoms with Crippen LogP contribution in [0.15, 0.2) is 0 Å². The Kier molecular flexibility index (Phi) is 7.76. The second-order valence-electron chi connectivity index (χ2n) is 4.70. The molecule has 1 unspecified atom stereocenters. The van der Waals surface area contributed by atoms with E-state index in [2.05, 4.69) is 24.3 Å². The summed E-state index contributed by atoms with van der Waals surface area (Å²) < 4.78 is 10.9. The third-order valence-electron chi connectivity index (χ3n) is 2.79. The van der Waals surface area contributed by atoms with Gasteiger partial charge in [0.2, 0.25) is 0 Å². The molecule has 16 heavy (non-hydrogen) atoms. The fraction of sp³-hybridized carbons (Fsp3) is 1.00. The summed E-state index contributed by atoms with van der Waals surface area (Å²) in [6.45, 7) is 6.51. The molecule has 1 atom stereocenters. The van der Waals surface area contributed by atoms with E-state index in [9.17, 15) is 0 Å². The van der Waals surface area contributed by atoms with Crippen LogP contribution in [0.1, 0.15) is 12.8 Å². The molecule has 96 valence electrons. The first-order chi connectivity index (χ1) is 7.79. The van der Waals surface area contributed by atoms with Crippen LogP contribution in [-0.4, -0.2) is 65.1 Å². The fourth-order valence-corrected chi connectivity index (χ4v) is 1.77. The molecule has 0 aromatic rings. The van der Waals surface area contributed by atoms with Gasteiger partial charge in [0.25, 0.3) is 0 Å². The van der Waals surface area contributed by atoms with Crippen molar-refractivity contribution in [1.29, 1.82) is 0 Å². The van der Waals surface area contributed by atoms with Crippen molar-refractivity contribution in [3.8, 4) is 0 Å². The number of ether oxygens (including phenoxy) is 2. The maximum atomic E-state index is 5.50. The summed E-state index contributed by atoms with van der Waals surface area (Å²) in [5, 5.41) is 3.42. The molecule has 4 nitrogen and oxygen atoms in total. The summed E-state index contributed by atoms with van der Waals surface area (Å²) >= 11 is 0. The lowest BCUT2D eigenvalue weighted by Crippen LogP contribution is -2.31. The van der Waals surface area contributed by atoms with Crippen molar-refractivity contribution in [1.82, 2.24) is 10.2 Å². The van der Waals surface area contributed by atoms with Crippen LogP contribution in [0.5, 0.6) is 0 Å². The van der Waals surface area contributed by atoms with Crippen LogP contribution in [0.25, 0.3) is 0 Å². The highest BCUT2D eigenvalue weighted by Gasteiger charge is 2.12. The van der Waals surface area contributed by atoms with E-state index in [4.69, 9.17) is 9.47 Å². The molecular weight excluding hydrogens is 204 g/mol. The van der Waals surface area contributed by atoms with Gasteiger partial charge in [-0.05, 0) is 32.9 Å². The highest BCUT2D eigenvalue weighted by atomic mass is 16.5. The SMILES string of the molecule is CN(C)CCOCCNCC1CCCOC1. The van der Waals surface area contributed by atoms with Crippen molar-refractivity contribution in [2.24, 2.45) is 5.92 Å². The van der Waals surface area contributed by atoms with Gasteiger partial charge in [-0.2, -0.15) is 0 Å². The molecule has 0 aromatic carbocycles. The third kappa shape index (κ3) is 7.17. The predicted molar refractivity (Wildman–Crippen MR) is 65.8 cm³/mol. The highest BCUT2D eigenvalue weighted by molar-refractivity contribution is 4.65. The van der Waals surface area contributed by atoms with Gasteiger partial charge < -0.3 is 19.7 Å². The van der Waals surface area contributed by atoms with Crippen LogP contribution in [0, 0.1) is 5.92 Å². The van der Waals surface area contributed by atoms with Crippen molar-refractivity contribution < 1.29 is 9.47 Å². The summed E-state index contributed by atoms with van der Waals surface area (Å²) in [7, 11) is 4.12. The first-order valence-electron chi connectivity index (χ1n) is 6.30. The lowest BCUT2D eigenvalue weighted by atomic mass is 10.0. The first-order valence-corrected chi connectivity index (χ1v) is 6.30. The molecule has 0 amide bonds. The van der Waals surface area contributed by atoms with Crippen LogP contribution < -0.4 is 5.32 Å². The second-order valence-corrected chi connectivity index (χ2v) is 4.70. The van der Waals surface area contributed by atoms with Gasteiger partial charge in [-0.25, -0.2) is 0 Å². The maximum Gasteiger partial charge on any atom is 0.0593 e. The number of nitrogens with one attached hydrogen (secondary N) is 1. The normalized spacial score (nSPS) is 21.6. The lowest BCUT2D eigenvalue weighted by Gasteiger charge is -2.22. The zero-order valence-corrected chi connectivity index (χ0v) is 10.7. The molecule has 0 aromatic heterocycles. The molecule has 1 fully saturated rings. The average Bonchev–Trinajstić information content (AvgIpc) is 2.29. The van der Waals surface area contributed by atoms with E-state index in [0.29, 0.717) is 5.92 Å². The van der Waals surface area contributed by atoms with Crippen molar-refractivity contribution in [2.75, 3.05) is 60.2 Å². The molecule has 1 aliphatic heterocycles. The number of likely N-dealkylation sites (N-methyl/N-ethyl adjacent to an activating group) is 1. The number of hydrogen-bond acceptors (Lipinski definition) is 4. The largest absolute Gasteiger partial charge is 0.381 e. The molecule has 4 heteroatoms. The van der Waals surface area contributed by atoms with Gasteiger partial charge in [0.05, 0.1) is 19.8 Å². The van der Waals surface area contributed by atoms with Gasteiger partial charge in [-0.3, -0.25) is 0 Å². The molecule has 1 rings (SSSR count). The zero-order valence-electron chi connectivity index (χ0n) is 10.7. The summed E-state index contributed by atoms with van der Waals surface area (Å²) in [6.07, 6.45) is 2.51. The van der Waals surface area contributed by atoms with Crippen LogP contribution in [0.2, 0.25) is 0 Å². The summed E-state index contributed by atoms with van der Waals surface area (Å²) in [6, 6.07) is 0. The van der Waals surface area contributed by atoms with E-state index >= 15 is 0 Å². The van der Waals surface area contributed by atoms with Gasteiger partial charge in [0.15, 0.2) is 0 Å². The van der Waals surface area contributed by atoms with Crippen LogP contribution in [0.4, 0.5) is 0 Å².